The fourth-order valence-corrected chi connectivity index (χ4v) is 3.30. The van der Waals surface area contributed by atoms with E-state index in [2.05, 4.69) is 36.4 Å². The second-order valence-corrected chi connectivity index (χ2v) is 6.13. The van der Waals surface area contributed by atoms with Gasteiger partial charge in [-0.2, -0.15) is 5.26 Å². The number of fused-ring (bicyclic) bond motifs is 2. The highest BCUT2D eigenvalue weighted by Crippen LogP contribution is 2.32. The summed E-state index contributed by atoms with van der Waals surface area (Å²) in [5.74, 6) is 0.779. The summed E-state index contributed by atoms with van der Waals surface area (Å²) in [4.78, 5) is 0. The van der Waals surface area contributed by atoms with Crippen molar-refractivity contribution in [1.82, 2.24) is 0 Å². The molecule has 2 heteroatoms. The van der Waals surface area contributed by atoms with Crippen molar-refractivity contribution < 1.29 is 4.74 Å². The molecule has 0 aliphatic carbocycles. The Kier molecular flexibility index (Phi) is 4.13. The van der Waals surface area contributed by atoms with Gasteiger partial charge in [0.15, 0.2) is 0 Å². The van der Waals surface area contributed by atoms with Gasteiger partial charge in [0.1, 0.15) is 5.75 Å². The molecule has 4 aromatic rings. The van der Waals surface area contributed by atoms with Gasteiger partial charge in [0.05, 0.1) is 18.8 Å². The topological polar surface area (TPSA) is 33.0 Å². The first kappa shape index (κ1) is 15.9. The highest BCUT2D eigenvalue weighted by atomic mass is 16.5. The average Bonchev–Trinajstić information content (AvgIpc) is 2.71. The molecule has 2 nitrogen and oxygen atoms in total. The van der Waals surface area contributed by atoms with Gasteiger partial charge in [0.25, 0.3) is 0 Å². The van der Waals surface area contributed by atoms with Crippen LogP contribution in [0.5, 0.6) is 5.75 Å². The number of benzene rings is 4. The summed E-state index contributed by atoms with van der Waals surface area (Å²) >= 11 is 0. The Morgan fingerprint density at radius 1 is 0.846 bits per heavy atom. The number of methoxy groups -OCH3 is 1. The van der Waals surface area contributed by atoms with Gasteiger partial charge in [-0.3, -0.25) is 0 Å². The van der Waals surface area contributed by atoms with Crippen molar-refractivity contribution in [2.45, 2.75) is 0 Å². The van der Waals surface area contributed by atoms with Crippen LogP contribution in [0.2, 0.25) is 0 Å². The summed E-state index contributed by atoms with van der Waals surface area (Å²) in [5.41, 5.74) is 2.59. The van der Waals surface area contributed by atoms with Gasteiger partial charge in [-0.25, -0.2) is 0 Å². The van der Waals surface area contributed by atoms with E-state index in [0.29, 0.717) is 5.57 Å². The van der Waals surface area contributed by atoms with Crippen LogP contribution in [0.25, 0.3) is 33.2 Å². The van der Waals surface area contributed by atoms with Gasteiger partial charge in [0, 0.05) is 0 Å². The van der Waals surface area contributed by atoms with Crippen LogP contribution < -0.4 is 4.74 Å². The van der Waals surface area contributed by atoms with Gasteiger partial charge in [-0.05, 0) is 69.1 Å². The molecule has 0 atom stereocenters. The molecule has 0 N–H and O–H groups in total. The van der Waals surface area contributed by atoms with Crippen molar-refractivity contribution in [2.75, 3.05) is 7.11 Å². The lowest BCUT2D eigenvalue weighted by atomic mass is 9.94. The van der Waals surface area contributed by atoms with Crippen molar-refractivity contribution in [1.29, 1.82) is 5.26 Å². The second-order valence-electron chi connectivity index (χ2n) is 6.13. The Hall–Kier alpha value is -3.57. The molecular formula is C24H17NO. The van der Waals surface area contributed by atoms with Crippen molar-refractivity contribution >= 4 is 33.2 Å². The minimum atomic E-state index is 0.633. The molecule has 4 rings (SSSR count). The Labute approximate surface area is 152 Å². The van der Waals surface area contributed by atoms with Crippen LogP contribution in [0.1, 0.15) is 11.1 Å². The molecule has 0 aliphatic heterocycles. The van der Waals surface area contributed by atoms with Gasteiger partial charge < -0.3 is 4.74 Å². The summed E-state index contributed by atoms with van der Waals surface area (Å²) < 4.78 is 5.21. The van der Waals surface area contributed by atoms with Crippen molar-refractivity contribution in [3.8, 4) is 11.8 Å². The number of ether oxygens (including phenoxy) is 1. The Bertz CT molecular complexity index is 1110. The van der Waals surface area contributed by atoms with Crippen LogP contribution in [0.4, 0.5) is 0 Å². The maximum Gasteiger partial charge on any atom is 0.118 e. The maximum atomic E-state index is 9.76. The predicted molar refractivity (Wildman–Crippen MR) is 108 cm³/mol. The van der Waals surface area contributed by atoms with E-state index in [-0.39, 0.29) is 0 Å². The number of hydrogen-bond acceptors (Lipinski definition) is 2. The first-order valence-corrected chi connectivity index (χ1v) is 8.47. The lowest BCUT2D eigenvalue weighted by molar-refractivity contribution is 0.415. The minimum absolute atomic E-state index is 0.633. The average molecular weight is 335 g/mol. The molecule has 0 spiro atoms. The zero-order valence-electron chi connectivity index (χ0n) is 14.4. The van der Waals surface area contributed by atoms with E-state index in [4.69, 9.17) is 4.74 Å². The lowest BCUT2D eigenvalue weighted by Gasteiger charge is -2.09. The van der Waals surface area contributed by atoms with Crippen LogP contribution >= 0.6 is 0 Å². The van der Waals surface area contributed by atoms with Crippen LogP contribution in [0, 0.1) is 11.3 Å². The third-order valence-corrected chi connectivity index (χ3v) is 4.62. The molecule has 0 aliphatic rings. The van der Waals surface area contributed by atoms with Gasteiger partial charge in [-0.1, -0.05) is 48.5 Å². The summed E-state index contributed by atoms with van der Waals surface area (Å²) in [6.45, 7) is 0. The molecule has 0 bridgehead atoms. The summed E-state index contributed by atoms with van der Waals surface area (Å²) in [5, 5.41) is 14.4. The highest BCUT2D eigenvalue weighted by molar-refractivity contribution is 6.10. The molecule has 0 saturated carbocycles. The molecule has 0 radical (unpaired) electrons. The van der Waals surface area contributed by atoms with Crippen molar-refractivity contribution in [3.05, 3.63) is 90.0 Å². The number of nitrogens with zero attached hydrogens (tertiary/aromatic N) is 1. The van der Waals surface area contributed by atoms with Crippen molar-refractivity contribution in [3.63, 3.8) is 0 Å². The molecule has 0 saturated heterocycles. The standard InChI is InChI=1S/C24H17NO/c1-26-21-12-10-17(11-13-21)20(16-25)15-24-22-8-4-2-6-18(22)14-19-7-3-5-9-23(19)24/h2-15H,1H3/b20-15-. The molecule has 0 heterocycles. The molecular weight excluding hydrogens is 318 g/mol. The molecule has 26 heavy (non-hydrogen) atoms. The summed E-state index contributed by atoms with van der Waals surface area (Å²) in [6.07, 6.45) is 1.99. The van der Waals surface area contributed by atoms with E-state index in [0.717, 1.165) is 27.6 Å². The Morgan fingerprint density at radius 2 is 1.42 bits per heavy atom. The summed E-state index contributed by atoms with van der Waals surface area (Å²) in [6, 6.07) is 28.7. The minimum Gasteiger partial charge on any atom is -0.497 e. The summed E-state index contributed by atoms with van der Waals surface area (Å²) in [7, 11) is 1.64. The number of rotatable bonds is 3. The van der Waals surface area contributed by atoms with E-state index in [1.165, 1.54) is 10.8 Å². The van der Waals surface area contributed by atoms with Gasteiger partial charge >= 0.3 is 0 Å². The number of hydrogen-bond donors (Lipinski definition) is 0. The van der Waals surface area contributed by atoms with E-state index in [1.807, 2.05) is 54.6 Å². The molecule has 124 valence electrons. The maximum absolute atomic E-state index is 9.76. The third kappa shape index (κ3) is 2.81. The monoisotopic (exact) mass is 335 g/mol. The van der Waals surface area contributed by atoms with Crippen LogP contribution in [0.3, 0.4) is 0 Å². The molecule has 0 fully saturated rings. The van der Waals surface area contributed by atoms with Crippen LogP contribution in [-0.4, -0.2) is 7.11 Å². The largest absolute Gasteiger partial charge is 0.497 e. The third-order valence-electron chi connectivity index (χ3n) is 4.62. The fraction of sp³-hybridized carbons (Fsp3) is 0.0417. The molecule has 4 aromatic carbocycles. The smallest absolute Gasteiger partial charge is 0.118 e. The van der Waals surface area contributed by atoms with Crippen LogP contribution in [-0.2, 0) is 0 Å². The van der Waals surface area contributed by atoms with E-state index in [1.54, 1.807) is 7.11 Å². The number of nitriles is 1. The second kappa shape index (κ2) is 6.74. The molecule has 0 amide bonds. The predicted octanol–water partition coefficient (Wildman–Crippen LogP) is 6.07. The van der Waals surface area contributed by atoms with Crippen LogP contribution in [0.15, 0.2) is 78.9 Å². The normalized spacial score (nSPS) is 11.5. The molecule has 0 unspecified atom stereocenters. The first-order chi connectivity index (χ1) is 12.8. The lowest BCUT2D eigenvalue weighted by Crippen LogP contribution is -1.87. The van der Waals surface area contributed by atoms with E-state index < -0.39 is 0 Å². The SMILES string of the molecule is COc1ccc(/C(C#N)=C\c2c3ccccc3cc3ccccc23)cc1. The Morgan fingerprint density at radius 3 is 1.96 bits per heavy atom. The van der Waals surface area contributed by atoms with Crippen molar-refractivity contribution in [2.24, 2.45) is 0 Å². The van der Waals surface area contributed by atoms with E-state index in [9.17, 15) is 5.26 Å². The first-order valence-electron chi connectivity index (χ1n) is 8.47. The Balaban J connectivity index is 1.98. The van der Waals surface area contributed by atoms with E-state index >= 15 is 0 Å². The van der Waals surface area contributed by atoms with Gasteiger partial charge in [-0.15, -0.1) is 0 Å². The highest BCUT2D eigenvalue weighted by Gasteiger charge is 2.08. The zero-order valence-corrected chi connectivity index (χ0v) is 14.4. The zero-order chi connectivity index (χ0) is 17.9. The molecule has 0 aromatic heterocycles. The number of allylic oxidation sites excluding steroid dienone is 1. The van der Waals surface area contributed by atoms with Gasteiger partial charge in [0.2, 0.25) is 0 Å². The quantitative estimate of drug-likeness (QED) is 0.259. The fourth-order valence-electron chi connectivity index (χ4n) is 3.30.